The molecule has 0 aliphatic heterocycles. The first-order valence-corrected chi connectivity index (χ1v) is 3.74. The van der Waals surface area contributed by atoms with Crippen LogP contribution in [0, 0.1) is 0 Å². The first kappa shape index (κ1) is 5.19. The van der Waals surface area contributed by atoms with Crippen molar-refractivity contribution in [1.29, 1.82) is 0 Å². The van der Waals surface area contributed by atoms with Crippen molar-refractivity contribution in [2.24, 2.45) is 0 Å². The molecule has 0 spiro atoms. The minimum atomic E-state index is 1.25. The summed E-state index contributed by atoms with van der Waals surface area (Å²) in [5.41, 5.74) is 2.49. The lowest BCUT2D eigenvalue weighted by Gasteiger charge is -1.89. The fourth-order valence-corrected chi connectivity index (χ4v) is 1.66. The van der Waals surface area contributed by atoms with Crippen LogP contribution < -0.4 is 0 Å². The van der Waals surface area contributed by atoms with Crippen LogP contribution in [0.25, 0.3) is 21.8 Å². The third-order valence-corrected chi connectivity index (χ3v) is 2.19. The molecule has 0 aliphatic carbocycles. The average Bonchev–Trinajstić information content (AvgIpc) is 2.64. The lowest BCUT2D eigenvalue weighted by molar-refractivity contribution is 1.61. The van der Waals surface area contributed by atoms with E-state index in [1.165, 1.54) is 21.8 Å². The molecule has 0 saturated carbocycles. The Morgan fingerprint density at radius 3 is 1.82 bits per heavy atom. The molecule has 52 valence electrons. The lowest BCUT2D eigenvalue weighted by atomic mass is 10.1. The summed E-state index contributed by atoms with van der Waals surface area (Å²) < 4.78 is 0. The maximum absolute atomic E-state index is 3.32. The number of fused-ring (bicyclic) bond motifs is 5. The third-order valence-electron chi connectivity index (χ3n) is 2.19. The van der Waals surface area contributed by atoms with E-state index in [-0.39, 0.29) is 0 Å². The second-order valence-electron chi connectivity index (χ2n) is 2.83. The van der Waals surface area contributed by atoms with Crippen molar-refractivity contribution in [3.8, 4) is 0 Å². The molecule has 1 heteroatoms. The fraction of sp³-hybridized carbons (Fsp3) is 0. The molecule has 1 N–H and O–H groups in total. The molecule has 1 aromatic carbocycles. The molecule has 0 unspecified atom stereocenters. The molecule has 3 aromatic rings. The molecule has 3 rings (SSSR count). The van der Waals surface area contributed by atoms with E-state index >= 15 is 0 Å². The predicted molar refractivity (Wildman–Crippen MR) is 47.0 cm³/mol. The van der Waals surface area contributed by atoms with Crippen LogP contribution in [0.1, 0.15) is 0 Å². The molecule has 0 fully saturated rings. The largest absolute Gasteiger partial charge is 0.355 e. The second-order valence-corrected chi connectivity index (χ2v) is 2.83. The Hall–Kier alpha value is -1.50. The second kappa shape index (κ2) is 1.56. The summed E-state index contributed by atoms with van der Waals surface area (Å²) in [6.07, 6.45) is 0. The Bertz CT molecular complexity index is 448. The Kier molecular flexibility index (Phi) is 0.737. The monoisotopic (exact) mass is 141 g/mol. The number of benzene rings is 2. The van der Waals surface area contributed by atoms with Crippen LogP contribution in [-0.2, 0) is 0 Å². The first-order valence-electron chi connectivity index (χ1n) is 3.74. The number of aromatic amines is 1. The van der Waals surface area contributed by atoms with E-state index in [0.717, 1.165) is 0 Å². The van der Waals surface area contributed by atoms with Gasteiger partial charge in [0.15, 0.2) is 0 Å². The molecule has 11 heavy (non-hydrogen) atoms. The number of aromatic nitrogens is 1. The molecular weight excluding hydrogens is 134 g/mol. The molecule has 0 amide bonds. The van der Waals surface area contributed by atoms with Crippen LogP contribution in [-0.4, -0.2) is 4.98 Å². The zero-order valence-electron chi connectivity index (χ0n) is 5.96. The van der Waals surface area contributed by atoms with Gasteiger partial charge in [0.25, 0.3) is 0 Å². The van der Waals surface area contributed by atoms with Crippen molar-refractivity contribution in [3.05, 3.63) is 36.4 Å². The van der Waals surface area contributed by atoms with Gasteiger partial charge >= 0.3 is 0 Å². The molecule has 0 aliphatic rings. The molecule has 2 bridgehead atoms. The van der Waals surface area contributed by atoms with Gasteiger partial charge in [-0.25, -0.2) is 0 Å². The van der Waals surface area contributed by atoms with Gasteiger partial charge in [-0.1, -0.05) is 24.3 Å². The summed E-state index contributed by atoms with van der Waals surface area (Å²) in [6, 6.07) is 12.7. The highest BCUT2D eigenvalue weighted by atomic mass is 14.7. The van der Waals surface area contributed by atoms with Crippen LogP contribution >= 0.6 is 0 Å². The standard InChI is InChI=1S/C10H7N/c1-2-4-8-7(3-1)9-5-6-10(8)11-9/h1-6,11H. The Morgan fingerprint density at radius 2 is 1.27 bits per heavy atom. The maximum Gasteiger partial charge on any atom is 0.0465 e. The van der Waals surface area contributed by atoms with E-state index in [9.17, 15) is 0 Å². The van der Waals surface area contributed by atoms with Crippen LogP contribution in [0.5, 0.6) is 0 Å². The smallest absolute Gasteiger partial charge is 0.0465 e. The van der Waals surface area contributed by atoms with Crippen molar-refractivity contribution < 1.29 is 0 Å². The topological polar surface area (TPSA) is 15.8 Å². The normalized spacial score (nSPS) is 11.6. The Labute approximate surface area is 64.0 Å². The van der Waals surface area contributed by atoms with Gasteiger partial charge in [0.05, 0.1) is 0 Å². The van der Waals surface area contributed by atoms with E-state index in [1.54, 1.807) is 0 Å². The van der Waals surface area contributed by atoms with Crippen LogP contribution in [0.15, 0.2) is 36.4 Å². The fourth-order valence-electron chi connectivity index (χ4n) is 1.66. The summed E-state index contributed by atoms with van der Waals surface area (Å²) in [6.45, 7) is 0. The van der Waals surface area contributed by atoms with E-state index < -0.39 is 0 Å². The van der Waals surface area contributed by atoms with Crippen LogP contribution in [0.2, 0.25) is 0 Å². The van der Waals surface area contributed by atoms with E-state index in [1.807, 2.05) is 0 Å². The summed E-state index contributed by atoms with van der Waals surface area (Å²) in [5.74, 6) is 0. The number of nitrogens with one attached hydrogen (secondary N) is 1. The lowest BCUT2D eigenvalue weighted by Crippen LogP contribution is -1.64. The Balaban J connectivity index is 2.76. The van der Waals surface area contributed by atoms with Gasteiger partial charge in [-0.3, -0.25) is 0 Å². The van der Waals surface area contributed by atoms with Crippen molar-refractivity contribution in [3.63, 3.8) is 0 Å². The van der Waals surface area contributed by atoms with Crippen molar-refractivity contribution in [2.75, 3.05) is 0 Å². The number of H-pyrrole nitrogens is 1. The molecular formula is C10H7N. The number of rotatable bonds is 0. The summed E-state index contributed by atoms with van der Waals surface area (Å²) in [7, 11) is 0. The highest BCUT2D eigenvalue weighted by Crippen LogP contribution is 2.26. The van der Waals surface area contributed by atoms with Gasteiger partial charge in [0.2, 0.25) is 0 Å². The number of hydrogen-bond acceptors (Lipinski definition) is 0. The van der Waals surface area contributed by atoms with E-state index in [4.69, 9.17) is 0 Å². The van der Waals surface area contributed by atoms with Crippen molar-refractivity contribution in [2.45, 2.75) is 0 Å². The maximum atomic E-state index is 3.32. The summed E-state index contributed by atoms with van der Waals surface area (Å²) >= 11 is 0. The molecule has 1 nitrogen and oxygen atoms in total. The van der Waals surface area contributed by atoms with E-state index in [0.29, 0.717) is 0 Å². The third kappa shape index (κ3) is 0.511. The van der Waals surface area contributed by atoms with Crippen molar-refractivity contribution >= 4 is 21.8 Å². The SMILES string of the molecule is c1ccc2c3ccc([nH]3)c2c1. The quantitative estimate of drug-likeness (QED) is 0.495. The minimum Gasteiger partial charge on any atom is -0.355 e. The average molecular weight is 141 g/mol. The van der Waals surface area contributed by atoms with Gasteiger partial charge in [-0.2, -0.15) is 0 Å². The van der Waals surface area contributed by atoms with Crippen LogP contribution in [0.3, 0.4) is 0 Å². The molecule has 0 saturated heterocycles. The molecule has 0 atom stereocenters. The van der Waals surface area contributed by atoms with Gasteiger partial charge in [-0.05, 0) is 12.1 Å². The van der Waals surface area contributed by atoms with Gasteiger partial charge in [0.1, 0.15) is 0 Å². The first-order chi connectivity index (χ1) is 5.45. The summed E-state index contributed by atoms with van der Waals surface area (Å²) in [5, 5.41) is 2.68. The molecule has 2 aromatic heterocycles. The van der Waals surface area contributed by atoms with E-state index in [2.05, 4.69) is 41.4 Å². The molecule has 0 radical (unpaired) electrons. The minimum absolute atomic E-state index is 1.25. The molecule has 2 heterocycles. The van der Waals surface area contributed by atoms with Crippen LogP contribution in [0.4, 0.5) is 0 Å². The predicted octanol–water partition coefficient (Wildman–Crippen LogP) is 2.76. The zero-order valence-corrected chi connectivity index (χ0v) is 5.96. The van der Waals surface area contributed by atoms with Gasteiger partial charge in [-0.15, -0.1) is 0 Å². The zero-order chi connectivity index (χ0) is 7.26. The van der Waals surface area contributed by atoms with Crippen molar-refractivity contribution in [1.82, 2.24) is 4.98 Å². The highest BCUT2D eigenvalue weighted by molar-refractivity contribution is 6.09. The van der Waals surface area contributed by atoms with Gasteiger partial charge < -0.3 is 4.98 Å². The summed E-state index contributed by atoms with van der Waals surface area (Å²) in [4.78, 5) is 3.32. The van der Waals surface area contributed by atoms with Gasteiger partial charge in [0, 0.05) is 21.8 Å². The highest BCUT2D eigenvalue weighted by Gasteiger charge is 2.03. The number of hydrogen-bond donors (Lipinski definition) is 1. The Morgan fingerprint density at radius 1 is 0.727 bits per heavy atom.